The molecular formula is C16H28N2O2. The highest BCUT2D eigenvalue weighted by Crippen LogP contribution is 2.35. The first-order chi connectivity index (χ1) is 9.49. The van der Waals surface area contributed by atoms with Gasteiger partial charge in [-0.2, -0.15) is 0 Å². The van der Waals surface area contributed by atoms with Gasteiger partial charge < -0.3 is 10.2 Å². The Morgan fingerprint density at radius 3 is 2.30 bits per heavy atom. The van der Waals surface area contributed by atoms with E-state index in [4.69, 9.17) is 0 Å². The first-order valence-electron chi connectivity index (χ1n) is 8.12. The Hall–Kier alpha value is -1.06. The minimum Gasteiger partial charge on any atom is -0.340 e. The number of piperazine rings is 1. The summed E-state index contributed by atoms with van der Waals surface area (Å²) in [5, 5.41) is 3.04. The molecule has 0 aromatic carbocycles. The molecule has 2 rings (SSSR count). The van der Waals surface area contributed by atoms with Crippen LogP contribution in [-0.2, 0) is 9.59 Å². The minimum atomic E-state index is -0.671. The fourth-order valence-electron chi connectivity index (χ4n) is 3.20. The Morgan fingerprint density at radius 2 is 1.85 bits per heavy atom. The number of hydrogen-bond donors (Lipinski definition) is 1. The summed E-state index contributed by atoms with van der Waals surface area (Å²) in [5.74, 6) is 1.01. The van der Waals surface area contributed by atoms with Gasteiger partial charge in [-0.05, 0) is 37.5 Å². The Bertz CT molecular complexity index is 386. The molecule has 1 saturated heterocycles. The lowest BCUT2D eigenvalue weighted by Gasteiger charge is -2.47. The Kier molecular flexibility index (Phi) is 4.40. The van der Waals surface area contributed by atoms with Crippen LogP contribution in [0.5, 0.6) is 0 Å². The molecule has 4 nitrogen and oxygen atoms in total. The molecule has 0 aromatic rings. The summed E-state index contributed by atoms with van der Waals surface area (Å²) in [5.41, 5.74) is -0.671. The van der Waals surface area contributed by atoms with Gasteiger partial charge in [0.15, 0.2) is 0 Å². The summed E-state index contributed by atoms with van der Waals surface area (Å²) in [6, 6.07) is -0.278. The summed E-state index contributed by atoms with van der Waals surface area (Å²) in [6.45, 7) is 8.89. The maximum Gasteiger partial charge on any atom is 0.249 e. The molecule has 0 spiro atoms. The molecule has 1 N–H and O–H groups in total. The summed E-state index contributed by atoms with van der Waals surface area (Å²) in [4.78, 5) is 27.4. The lowest BCUT2D eigenvalue weighted by Crippen LogP contribution is -2.71. The predicted octanol–water partition coefficient (Wildman–Crippen LogP) is 2.33. The van der Waals surface area contributed by atoms with E-state index in [1.807, 2.05) is 18.7 Å². The van der Waals surface area contributed by atoms with Gasteiger partial charge in [0.25, 0.3) is 0 Å². The van der Waals surface area contributed by atoms with E-state index in [9.17, 15) is 9.59 Å². The third kappa shape index (κ3) is 2.57. The molecule has 1 saturated carbocycles. The Balaban J connectivity index is 2.29. The van der Waals surface area contributed by atoms with Crippen molar-refractivity contribution in [3.63, 3.8) is 0 Å². The summed E-state index contributed by atoms with van der Waals surface area (Å²) in [7, 11) is 0. The lowest BCUT2D eigenvalue weighted by molar-refractivity contribution is -0.158. The van der Waals surface area contributed by atoms with Crippen LogP contribution in [0.4, 0.5) is 0 Å². The van der Waals surface area contributed by atoms with Crippen LogP contribution in [0.2, 0.25) is 0 Å². The van der Waals surface area contributed by atoms with Crippen molar-refractivity contribution in [2.24, 2.45) is 11.8 Å². The van der Waals surface area contributed by atoms with Crippen LogP contribution in [0, 0.1) is 11.8 Å². The number of rotatable bonds is 6. The zero-order chi connectivity index (χ0) is 14.9. The van der Waals surface area contributed by atoms with Crippen LogP contribution in [0.3, 0.4) is 0 Å². The molecule has 20 heavy (non-hydrogen) atoms. The van der Waals surface area contributed by atoms with Crippen molar-refractivity contribution in [2.75, 3.05) is 6.54 Å². The van der Waals surface area contributed by atoms with Crippen LogP contribution in [-0.4, -0.2) is 34.8 Å². The fraction of sp³-hybridized carbons (Fsp3) is 0.875. The van der Waals surface area contributed by atoms with Crippen molar-refractivity contribution in [1.82, 2.24) is 10.2 Å². The zero-order valence-electron chi connectivity index (χ0n) is 13.2. The number of carbonyl (C=O) groups is 2. The van der Waals surface area contributed by atoms with Crippen molar-refractivity contribution < 1.29 is 9.59 Å². The number of nitrogens with zero attached hydrogens (tertiary/aromatic N) is 1. The van der Waals surface area contributed by atoms with Gasteiger partial charge in [-0.1, -0.05) is 34.1 Å². The Morgan fingerprint density at radius 1 is 1.25 bits per heavy atom. The van der Waals surface area contributed by atoms with Gasteiger partial charge in [-0.15, -0.1) is 0 Å². The maximum absolute atomic E-state index is 13.0. The SMILES string of the molecule is CCC(C)C1C(=O)NC(CC)(CC)C(=O)N1CC1CC1. The van der Waals surface area contributed by atoms with Crippen molar-refractivity contribution in [3.8, 4) is 0 Å². The van der Waals surface area contributed by atoms with Crippen molar-refractivity contribution in [1.29, 1.82) is 0 Å². The molecule has 0 bridgehead atoms. The zero-order valence-corrected chi connectivity index (χ0v) is 13.2. The number of amides is 2. The van der Waals surface area contributed by atoms with Gasteiger partial charge in [0.2, 0.25) is 11.8 Å². The standard InChI is InChI=1S/C16H28N2O2/c1-5-11(4)13-14(19)17-16(6-2,7-3)15(20)18(13)10-12-8-9-12/h11-13H,5-10H2,1-4H3,(H,17,19). The first-order valence-corrected chi connectivity index (χ1v) is 8.12. The maximum atomic E-state index is 13.0. The molecule has 1 aliphatic carbocycles. The predicted molar refractivity (Wildman–Crippen MR) is 79.1 cm³/mol. The van der Waals surface area contributed by atoms with Gasteiger partial charge in [-0.25, -0.2) is 0 Å². The van der Waals surface area contributed by atoms with Crippen LogP contribution in [0.25, 0.3) is 0 Å². The normalized spacial score (nSPS) is 27.4. The van der Waals surface area contributed by atoms with Crippen LogP contribution < -0.4 is 5.32 Å². The van der Waals surface area contributed by atoms with Gasteiger partial charge >= 0.3 is 0 Å². The molecule has 2 fully saturated rings. The third-order valence-electron chi connectivity index (χ3n) is 5.18. The second-order valence-electron chi connectivity index (χ2n) is 6.51. The van der Waals surface area contributed by atoms with Crippen molar-refractivity contribution in [2.45, 2.75) is 71.4 Å². The highest BCUT2D eigenvalue weighted by Gasteiger charge is 2.50. The van der Waals surface area contributed by atoms with Crippen LogP contribution in [0.15, 0.2) is 0 Å². The lowest BCUT2D eigenvalue weighted by atomic mass is 9.84. The molecule has 2 atom stereocenters. The summed E-state index contributed by atoms with van der Waals surface area (Å²) >= 11 is 0. The topological polar surface area (TPSA) is 49.4 Å². The molecule has 0 aromatic heterocycles. The first kappa shape index (κ1) is 15.3. The summed E-state index contributed by atoms with van der Waals surface area (Å²) < 4.78 is 0. The second-order valence-corrected chi connectivity index (χ2v) is 6.51. The van der Waals surface area contributed by atoms with Crippen LogP contribution in [0.1, 0.15) is 59.8 Å². The molecule has 4 heteroatoms. The smallest absolute Gasteiger partial charge is 0.249 e. The number of carbonyl (C=O) groups excluding carboxylic acids is 2. The highest BCUT2D eigenvalue weighted by molar-refractivity contribution is 6.00. The second kappa shape index (κ2) is 5.74. The van der Waals surface area contributed by atoms with E-state index in [-0.39, 0.29) is 23.8 Å². The average molecular weight is 280 g/mol. The molecule has 2 amide bonds. The Labute approximate surface area is 122 Å². The van der Waals surface area contributed by atoms with Gasteiger partial charge in [0.1, 0.15) is 11.6 Å². The van der Waals surface area contributed by atoms with E-state index < -0.39 is 5.54 Å². The highest BCUT2D eigenvalue weighted by atomic mass is 16.2. The molecule has 1 aliphatic heterocycles. The van der Waals surface area contributed by atoms with E-state index in [2.05, 4.69) is 19.2 Å². The molecule has 2 unspecified atom stereocenters. The number of nitrogens with one attached hydrogen (secondary N) is 1. The fourth-order valence-corrected chi connectivity index (χ4v) is 3.20. The number of hydrogen-bond acceptors (Lipinski definition) is 2. The quantitative estimate of drug-likeness (QED) is 0.812. The van der Waals surface area contributed by atoms with E-state index in [0.29, 0.717) is 18.8 Å². The van der Waals surface area contributed by atoms with E-state index in [0.717, 1.165) is 13.0 Å². The van der Waals surface area contributed by atoms with E-state index >= 15 is 0 Å². The van der Waals surface area contributed by atoms with E-state index in [1.165, 1.54) is 12.8 Å². The molecule has 0 radical (unpaired) electrons. The van der Waals surface area contributed by atoms with Gasteiger partial charge in [0, 0.05) is 6.54 Å². The van der Waals surface area contributed by atoms with Crippen molar-refractivity contribution in [3.05, 3.63) is 0 Å². The molecule has 114 valence electrons. The molecular weight excluding hydrogens is 252 g/mol. The minimum absolute atomic E-state index is 0.0447. The monoisotopic (exact) mass is 280 g/mol. The summed E-state index contributed by atoms with van der Waals surface area (Å²) in [6.07, 6.45) is 4.65. The van der Waals surface area contributed by atoms with Crippen molar-refractivity contribution >= 4 is 11.8 Å². The van der Waals surface area contributed by atoms with Gasteiger partial charge in [-0.3, -0.25) is 9.59 Å². The van der Waals surface area contributed by atoms with E-state index in [1.54, 1.807) is 0 Å². The van der Waals surface area contributed by atoms with Crippen LogP contribution >= 0.6 is 0 Å². The molecule has 1 heterocycles. The van der Waals surface area contributed by atoms with Gasteiger partial charge in [0.05, 0.1) is 0 Å². The molecule has 2 aliphatic rings. The average Bonchev–Trinajstić information content (AvgIpc) is 3.26. The third-order valence-corrected chi connectivity index (χ3v) is 5.18. The largest absolute Gasteiger partial charge is 0.340 e.